The number of primary amides is 2. The molecule has 2 fully saturated rings. The highest BCUT2D eigenvalue weighted by atomic mass is 32.2. The third-order valence-corrected chi connectivity index (χ3v) is 9.68. The van der Waals surface area contributed by atoms with Crippen LogP contribution >= 0.6 is 23.5 Å². The minimum Gasteiger partial charge on any atom is -0.368 e. The van der Waals surface area contributed by atoms with E-state index in [0.717, 1.165) is 44.5 Å². The minimum atomic E-state index is -0.950. The molecule has 3 aromatic rings. The van der Waals surface area contributed by atoms with Crippen molar-refractivity contribution in [2.75, 3.05) is 22.9 Å². The van der Waals surface area contributed by atoms with Crippen LogP contribution in [0.4, 0.5) is 21.0 Å². The van der Waals surface area contributed by atoms with Gasteiger partial charge in [0.1, 0.15) is 0 Å². The third-order valence-electron chi connectivity index (χ3n) is 7.47. The summed E-state index contributed by atoms with van der Waals surface area (Å²) in [6, 6.07) is 21.3. The third kappa shape index (κ3) is 7.18. The van der Waals surface area contributed by atoms with Crippen LogP contribution in [0.5, 0.6) is 0 Å². The zero-order valence-corrected chi connectivity index (χ0v) is 26.8. The monoisotopic (exact) mass is 660 g/mol. The highest BCUT2D eigenvalue weighted by Gasteiger charge is 2.45. The Morgan fingerprint density at radius 1 is 0.609 bits per heavy atom. The van der Waals surface area contributed by atoms with Crippen LogP contribution < -0.4 is 21.3 Å². The molecular weight excluding hydrogens is 629 g/mol. The van der Waals surface area contributed by atoms with Crippen molar-refractivity contribution in [1.29, 1.82) is 0 Å². The first-order chi connectivity index (χ1) is 21.9. The lowest BCUT2D eigenvalue weighted by molar-refractivity contribution is -0.128. The molecular formula is C32H32N6O6S2. The number of nitrogens with two attached hydrogens (primary N) is 2. The van der Waals surface area contributed by atoms with Crippen LogP contribution in [0.15, 0.2) is 72.8 Å². The molecule has 0 unspecified atom stereocenters. The molecule has 46 heavy (non-hydrogen) atoms. The van der Waals surface area contributed by atoms with E-state index in [1.807, 2.05) is 38.1 Å². The van der Waals surface area contributed by atoms with Gasteiger partial charge in [-0.05, 0) is 72.8 Å². The molecule has 5 rings (SSSR count). The molecule has 0 saturated carbocycles. The lowest BCUT2D eigenvalue weighted by atomic mass is 10.1. The second kappa shape index (κ2) is 13.7. The Morgan fingerprint density at radius 3 is 1.24 bits per heavy atom. The van der Waals surface area contributed by atoms with Gasteiger partial charge in [-0.3, -0.25) is 38.6 Å². The Balaban J connectivity index is 1.26. The van der Waals surface area contributed by atoms with E-state index in [9.17, 15) is 28.8 Å². The van der Waals surface area contributed by atoms with Gasteiger partial charge in [0.15, 0.2) is 10.7 Å². The van der Waals surface area contributed by atoms with Gasteiger partial charge >= 0.3 is 0 Å². The molecule has 0 aliphatic carbocycles. The fourth-order valence-electron chi connectivity index (χ4n) is 5.09. The summed E-state index contributed by atoms with van der Waals surface area (Å²) in [6.45, 7) is 3.35. The minimum absolute atomic E-state index is 0.00210. The molecule has 2 heterocycles. The van der Waals surface area contributed by atoms with Crippen LogP contribution in [0.1, 0.15) is 22.3 Å². The maximum absolute atomic E-state index is 13.4. The average molecular weight is 661 g/mol. The molecule has 14 heteroatoms. The number of hydrogen-bond acceptors (Lipinski definition) is 10. The Kier molecular flexibility index (Phi) is 9.68. The number of carbonyl (C=O) groups is 6. The Labute approximate surface area is 274 Å². The summed E-state index contributed by atoms with van der Waals surface area (Å²) in [4.78, 5) is 81.6. The molecule has 0 radical (unpaired) electrons. The predicted molar refractivity (Wildman–Crippen MR) is 177 cm³/mol. The van der Waals surface area contributed by atoms with Crippen molar-refractivity contribution in [3.63, 3.8) is 0 Å². The summed E-state index contributed by atoms with van der Waals surface area (Å²) in [5, 5.41) is -2.81. The summed E-state index contributed by atoms with van der Waals surface area (Å²) >= 11 is 1.64. The summed E-state index contributed by atoms with van der Waals surface area (Å²) in [7, 11) is 0. The van der Waals surface area contributed by atoms with E-state index in [2.05, 4.69) is 0 Å². The number of nitrogens with zero attached hydrogens (tertiary/aromatic N) is 4. The topological polar surface area (TPSA) is 167 Å². The first-order valence-electron chi connectivity index (χ1n) is 14.3. The van der Waals surface area contributed by atoms with Crippen LogP contribution in [0.3, 0.4) is 0 Å². The lowest BCUT2D eigenvalue weighted by Crippen LogP contribution is -2.45. The average Bonchev–Trinajstić information content (AvgIpc) is 3.45. The molecule has 2 atom stereocenters. The van der Waals surface area contributed by atoms with E-state index in [-0.39, 0.29) is 26.2 Å². The Bertz CT molecular complexity index is 1560. The highest BCUT2D eigenvalue weighted by molar-refractivity contribution is 8.15. The van der Waals surface area contributed by atoms with E-state index in [1.54, 1.807) is 48.5 Å². The van der Waals surface area contributed by atoms with Gasteiger partial charge in [0.25, 0.3) is 22.3 Å². The van der Waals surface area contributed by atoms with Crippen LogP contribution in [-0.4, -0.2) is 67.7 Å². The number of imide groups is 2. The SMILES string of the molecule is Cc1ccc(N(CC(N)=O)[C@@H]2SC(=O)N(Cc3ccc(CN4C(=O)S[C@H](N(CC(N)=O)c5ccc(C)cc5)C4=O)cc3)C2=O)cc1. The smallest absolute Gasteiger partial charge is 0.291 e. The molecule has 2 aliphatic heterocycles. The standard InChI is InChI=1S/C32H32N6O6S2/c1-19-3-11-23(12-4-19)35(17-25(33)39)29-27(41)37(31(43)45-29)15-21-7-9-22(10-8-21)16-38-28(42)30(46-32(38)44)36(18-26(34)40)24-13-5-20(2)6-14-24/h3-14,29-30H,15-18H2,1-2H3,(H2,33,39)(H2,34,40)/t29-,30+. The number of aryl methyl sites for hydroxylation is 2. The van der Waals surface area contributed by atoms with Crippen molar-refractivity contribution >= 4 is 69.0 Å². The molecule has 2 aliphatic rings. The van der Waals surface area contributed by atoms with Crippen LogP contribution in [0.25, 0.3) is 0 Å². The van der Waals surface area contributed by atoms with Crippen molar-refractivity contribution in [1.82, 2.24) is 9.80 Å². The number of amides is 6. The van der Waals surface area contributed by atoms with E-state index in [1.165, 1.54) is 9.80 Å². The van der Waals surface area contributed by atoms with Gasteiger partial charge in [-0.25, -0.2) is 0 Å². The quantitative estimate of drug-likeness (QED) is 0.294. The molecule has 238 valence electrons. The molecule has 0 aromatic heterocycles. The molecule has 12 nitrogen and oxygen atoms in total. The van der Waals surface area contributed by atoms with Crippen LogP contribution in [0.2, 0.25) is 0 Å². The zero-order valence-electron chi connectivity index (χ0n) is 25.1. The van der Waals surface area contributed by atoms with E-state index >= 15 is 0 Å². The predicted octanol–water partition coefficient (Wildman–Crippen LogP) is 3.33. The zero-order chi connectivity index (χ0) is 33.1. The Hall–Kier alpha value is -4.82. The highest BCUT2D eigenvalue weighted by Crippen LogP contribution is 2.35. The molecule has 6 amide bonds. The van der Waals surface area contributed by atoms with Gasteiger partial charge in [0, 0.05) is 11.4 Å². The molecule has 0 bridgehead atoms. The number of hydrogen-bond donors (Lipinski definition) is 2. The van der Waals surface area contributed by atoms with Crippen molar-refractivity contribution in [3.05, 3.63) is 95.1 Å². The fraction of sp³-hybridized carbons (Fsp3) is 0.250. The molecule has 4 N–H and O–H groups in total. The molecule has 2 saturated heterocycles. The second-order valence-corrected chi connectivity index (χ2v) is 13.1. The fourth-order valence-corrected chi connectivity index (χ4v) is 7.14. The molecule has 3 aromatic carbocycles. The van der Waals surface area contributed by atoms with Crippen molar-refractivity contribution in [3.8, 4) is 0 Å². The first kappa shape index (κ1) is 32.6. The van der Waals surface area contributed by atoms with E-state index < -0.39 is 44.9 Å². The lowest BCUT2D eigenvalue weighted by Gasteiger charge is -2.27. The number of thioether (sulfide) groups is 2. The number of anilines is 2. The van der Waals surface area contributed by atoms with Gasteiger partial charge in [0.05, 0.1) is 26.2 Å². The van der Waals surface area contributed by atoms with Crippen molar-refractivity contribution in [2.24, 2.45) is 11.5 Å². The van der Waals surface area contributed by atoms with E-state index in [4.69, 9.17) is 11.5 Å². The summed E-state index contributed by atoms with van der Waals surface area (Å²) in [5.41, 5.74) is 15.4. The number of rotatable bonds is 12. The van der Waals surface area contributed by atoms with Gasteiger partial charge in [-0.15, -0.1) is 0 Å². The van der Waals surface area contributed by atoms with Gasteiger partial charge in [0.2, 0.25) is 11.8 Å². The largest absolute Gasteiger partial charge is 0.368 e. The van der Waals surface area contributed by atoms with E-state index in [0.29, 0.717) is 22.5 Å². The van der Waals surface area contributed by atoms with Gasteiger partial charge in [-0.2, -0.15) is 0 Å². The first-order valence-corrected chi connectivity index (χ1v) is 16.0. The van der Waals surface area contributed by atoms with Crippen molar-refractivity contribution in [2.45, 2.75) is 37.7 Å². The summed E-state index contributed by atoms with van der Waals surface area (Å²) < 4.78 is 0. The summed E-state index contributed by atoms with van der Waals surface area (Å²) in [6.07, 6.45) is 0. The van der Waals surface area contributed by atoms with Gasteiger partial charge in [-0.1, -0.05) is 59.7 Å². The van der Waals surface area contributed by atoms with Crippen molar-refractivity contribution < 1.29 is 28.8 Å². The number of carbonyl (C=O) groups excluding carboxylic acids is 6. The second-order valence-electron chi connectivity index (χ2n) is 11.0. The Morgan fingerprint density at radius 2 is 0.935 bits per heavy atom. The summed E-state index contributed by atoms with van der Waals surface area (Å²) in [5.74, 6) is -2.20. The molecule has 0 spiro atoms. The number of benzene rings is 3. The van der Waals surface area contributed by atoms with Gasteiger partial charge < -0.3 is 21.3 Å². The van der Waals surface area contributed by atoms with Crippen LogP contribution in [0, 0.1) is 13.8 Å². The maximum atomic E-state index is 13.4. The maximum Gasteiger partial charge on any atom is 0.291 e. The normalized spacial score (nSPS) is 18.0. The van der Waals surface area contributed by atoms with Crippen LogP contribution in [-0.2, 0) is 32.3 Å².